The number of halogens is 1. The zero-order valence-corrected chi connectivity index (χ0v) is 12.4. The number of benzene rings is 1. The summed E-state index contributed by atoms with van der Waals surface area (Å²) >= 11 is 5.80. The molecule has 19 heavy (non-hydrogen) atoms. The Morgan fingerprint density at radius 2 is 2.16 bits per heavy atom. The van der Waals surface area contributed by atoms with Crippen LogP contribution in [0.25, 0.3) is 0 Å². The van der Waals surface area contributed by atoms with Crippen LogP contribution in [-0.2, 0) is 0 Å². The van der Waals surface area contributed by atoms with Gasteiger partial charge in [-0.1, -0.05) is 11.6 Å². The molecule has 2 N–H and O–H groups in total. The van der Waals surface area contributed by atoms with Gasteiger partial charge in [0, 0.05) is 23.3 Å². The van der Waals surface area contributed by atoms with Gasteiger partial charge in [0.15, 0.2) is 0 Å². The van der Waals surface area contributed by atoms with Gasteiger partial charge in [-0.3, -0.25) is 0 Å². The van der Waals surface area contributed by atoms with Crippen LogP contribution in [0.4, 0.5) is 5.69 Å². The van der Waals surface area contributed by atoms with Crippen molar-refractivity contribution in [2.75, 3.05) is 25.5 Å². The normalized spacial score (nSPS) is 11.1. The molecule has 0 spiro atoms. The van der Waals surface area contributed by atoms with Crippen LogP contribution in [0.5, 0.6) is 0 Å². The quantitative estimate of drug-likeness (QED) is 0.755. The zero-order chi connectivity index (χ0) is 14.4. The molecule has 4 nitrogen and oxygen atoms in total. The van der Waals surface area contributed by atoms with Crippen molar-refractivity contribution in [1.29, 1.82) is 0 Å². The Morgan fingerprint density at radius 3 is 2.74 bits per heavy atom. The monoisotopic (exact) mass is 284 g/mol. The van der Waals surface area contributed by atoms with Gasteiger partial charge in [-0.2, -0.15) is 0 Å². The second kappa shape index (κ2) is 7.36. The number of nitrogens with zero attached hydrogens (tertiary/aromatic N) is 1. The fourth-order valence-corrected chi connectivity index (χ4v) is 1.83. The SMILES string of the molecule is CC(C)N(C)CCCNc1ccc(Cl)cc1C(=O)O. The van der Waals surface area contributed by atoms with Gasteiger partial charge in [0.25, 0.3) is 0 Å². The zero-order valence-electron chi connectivity index (χ0n) is 11.6. The minimum absolute atomic E-state index is 0.213. The molecule has 0 bridgehead atoms. The highest BCUT2D eigenvalue weighted by atomic mass is 35.5. The van der Waals surface area contributed by atoms with Crippen molar-refractivity contribution < 1.29 is 9.90 Å². The molecule has 0 saturated heterocycles. The fraction of sp³-hybridized carbons (Fsp3) is 0.500. The third-order valence-electron chi connectivity index (χ3n) is 3.10. The van der Waals surface area contributed by atoms with Gasteiger partial charge in [0.05, 0.1) is 5.56 Å². The first-order valence-corrected chi connectivity index (χ1v) is 6.76. The number of carboxylic acids is 1. The average Bonchev–Trinajstić information content (AvgIpc) is 2.35. The molecule has 1 aromatic rings. The van der Waals surface area contributed by atoms with Crippen molar-refractivity contribution in [3.8, 4) is 0 Å². The number of hydrogen-bond acceptors (Lipinski definition) is 3. The van der Waals surface area contributed by atoms with Crippen LogP contribution >= 0.6 is 11.6 Å². The lowest BCUT2D eigenvalue weighted by molar-refractivity contribution is 0.0698. The van der Waals surface area contributed by atoms with Gasteiger partial charge in [0.2, 0.25) is 0 Å². The number of rotatable bonds is 7. The van der Waals surface area contributed by atoms with E-state index in [9.17, 15) is 4.79 Å². The van der Waals surface area contributed by atoms with Crippen LogP contribution in [0.3, 0.4) is 0 Å². The fourth-order valence-electron chi connectivity index (χ4n) is 1.66. The number of nitrogens with one attached hydrogen (secondary N) is 1. The largest absolute Gasteiger partial charge is 0.478 e. The molecule has 0 aromatic heterocycles. The maximum Gasteiger partial charge on any atom is 0.337 e. The minimum atomic E-state index is -0.968. The standard InChI is InChI=1S/C14H21ClN2O2/c1-10(2)17(3)8-4-7-16-13-6-5-11(15)9-12(13)14(18)19/h5-6,9-10,16H,4,7-8H2,1-3H3,(H,18,19). The van der Waals surface area contributed by atoms with E-state index in [0.29, 0.717) is 16.8 Å². The number of hydrogen-bond donors (Lipinski definition) is 2. The van der Waals surface area contributed by atoms with E-state index in [-0.39, 0.29) is 5.56 Å². The molecular formula is C14H21ClN2O2. The van der Waals surface area contributed by atoms with Crippen molar-refractivity contribution in [1.82, 2.24) is 4.90 Å². The number of carboxylic acid groups (broad SMARTS) is 1. The molecule has 0 amide bonds. The lowest BCUT2D eigenvalue weighted by Crippen LogP contribution is -2.28. The molecule has 106 valence electrons. The molecule has 0 aliphatic heterocycles. The molecule has 0 fully saturated rings. The van der Waals surface area contributed by atoms with E-state index in [4.69, 9.17) is 16.7 Å². The summed E-state index contributed by atoms with van der Waals surface area (Å²) in [5.74, 6) is -0.968. The Labute approximate surface area is 119 Å². The summed E-state index contributed by atoms with van der Waals surface area (Å²) in [6, 6.07) is 5.38. The summed E-state index contributed by atoms with van der Waals surface area (Å²) in [6.45, 7) is 6.00. The Bertz CT molecular complexity index is 435. The van der Waals surface area contributed by atoms with Crippen LogP contribution in [0.15, 0.2) is 18.2 Å². The van der Waals surface area contributed by atoms with E-state index >= 15 is 0 Å². The lowest BCUT2D eigenvalue weighted by Gasteiger charge is -2.21. The summed E-state index contributed by atoms with van der Waals surface area (Å²) in [4.78, 5) is 13.3. The van der Waals surface area contributed by atoms with Crippen molar-refractivity contribution in [2.45, 2.75) is 26.3 Å². The van der Waals surface area contributed by atoms with Crippen LogP contribution in [0.1, 0.15) is 30.6 Å². The van der Waals surface area contributed by atoms with E-state index in [1.165, 1.54) is 6.07 Å². The van der Waals surface area contributed by atoms with Crippen molar-refractivity contribution >= 4 is 23.3 Å². The third kappa shape index (κ3) is 5.09. The predicted molar refractivity (Wildman–Crippen MR) is 79.3 cm³/mol. The number of aromatic carboxylic acids is 1. The smallest absolute Gasteiger partial charge is 0.337 e. The first-order valence-electron chi connectivity index (χ1n) is 6.38. The Hall–Kier alpha value is -1.26. The van der Waals surface area contributed by atoms with E-state index < -0.39 is 5.97 Å². The highest BCUT2D eigenvalue weighted by Crippen LogP contribution is 2.20. The summed E-state index contributed by atoms with van der Waals surface area (Å²) in [5.41, 5.74) is 0.828. The predicted octanol–water partition coefficient (Wildman–Crippen LogP) is 3.18. The molecule has 5 heteroatoms. The van der Waals surface area contributed by atoms with Crippen LogP contribution in [-0.4, -0.2) is 42.2 Å². The molecule has 0 atom stereocenters. The maximum absolute atomic E-state index is 11.1. The van der Waals surface area contributed by atoms with Gasteiger partial charge in [0.1, 0.15) is 0 Å². The van der Waals surface area contributed by atoms with Gasteiger partial charge in [-0.05, 0) is 52.1 Å². The molecule has 1 aromatic carbocycles. The van der Waals surface area contributed by atoms with E-state index in [2.05, 4.69) is 31.1 Å². The molecule has 0 aliphatic carbocycles. The molecule has 0 heterocycles. The lowest BCUT2D eigenvalue weighted by atomic mass is 10.1. The van der Waals surface area contributed by atoms with Gasteiger partial charge in [-0.15, -0.1) is 0 Å². The second-order valence-electron chi connectivity index (χ2n) is 4.85. The molecule has 0 saturated carbocycles. The highest BCUT2D eigenvalue weighted by molar-refractivity contribution is 6.31. The third-order valence-corrected chi connectivity index (χ3v) is 3.33. The topological polar surface area (TPSA) is 52.6 Å². The molecule has 0 aliphatic rings. The molecule has 0 radical (unpaired) electrons. The average molecular weight is 285 g/mol. The van der Waals surface area contributed by atoms with Crippen molar-refractivity contribution in [2.24, 2.45) is 0 Å². The van der Waals surface area contributed by atoms with Gasteiger partial charge in [-0.25, -0.2) is 4.79 Å². The number of carbonyl (C=O) groups is 1. The maximum atomic E-state index is 11.1. The Balaban J connectivity index is 2.52. The Kier molecular flexibility index (Phi) is 6.12. The first-order chi connectivity index (χ1) is 8.91. The number of anilines is 1. The van der Waals surface area contributed by atoms with Gasteiger partial charge >= 0.3 is 5.97 Å². The summed E-state index contributed by atoms with van der Waals surface area (Å²) < 4.78 is 0. The van der Waals surface area contributed by atoms with Crippen LogP contribution < -0.4 is 5.32 Å². The van der Waals surface area contributed by atoms with E-state index in [1.54, 1.807) is 12.1 Å². The summed E-state index contributed by atoms with van der Waals surface area (Å²) in [6.07, 6.45) is 0.955. The summed E-state index contributed by atoms with van der Waals surface area (Å²) in [7, 11) is 2.08. The van der Waals surface area contributed by atoms with Crippen LogP contribution in [0.2, 0.25) is 5.02 Å². The second-order valence-corrected chi connectivity index (χ2v) is 5.29. The minimum Gasteiger partial charge on any atom is -0.478 e. The van der Waals surface area contributed by atoms with E-state index in [1.807, 2.05) is 0 Å². The highest BCUT2D eigenvalue weighted by Gasteiger charge is 2.10. The van der Waals surface area contributed by atoms with E-state index in [0.717, 1.165) is 19.5 Å². The summed E-state index contributed by atoms with van der Waals surface area (Å²) in [5, 5.41) is 12.7. The van der Waals surface area contributed by atoms with Crippen molar-refractivity contribution in [3.05, 3.63) is 28.8 Å². The molecule has 0 unspecified atom stereocenters. The van der Waals surface area contributed by atoms with Crippen LogP contribution in [0, 0.1) is 0 Å². The molecule has 1 rings (SSSR count). The van der Waals surface area contributed by atoms with Crippen molar-refractivity contribution in [3.63, 3.8) is 0 Å². The van der Waals surface area contributed by atoms with Gasteiger partial charge < -0.3 is 15.3 Å². The Morgan fingerprint density at radius 1 is 1.47 bits per heavy atom. The molecular weight excluding hydrogens is 264 g/mol. The first kappa shape index (κ1) is 15.8.